The van der Waals surface area contributed by atoms with E-state index in [1.54, 1.807) is 12.1 Å². The average Bonchev–Trinajstić information content (AvgIpc) is 3.44. The molecule has 1 aromatic heterocycles. The van der Waals surface area contributed by atoms with Crippen molar-refractivity contribution in [1.82, 2.24) is 14.6 Å². The molecule has 3 unspecified atom stereocenters. The molecule has 4 fully saturated rings. The van der Waals surface area contributed by atoms with Gasteiger partial charge in [0, 0.05) is 37.0 Å². The van der Waals surface area contributed by atoms with Gasteiger partial charge in [0.1, 0.15) is 17.7 Å². The van der Waals surface area contributed by atoms with E-state index < -0.39 is 39.9 Å². The lowest BCUT2D eigenvalue weighted by atomic mass is 9.87. The second-order valence-corrected chi connectivity index (χ2v) is 17.1. The van der Waals surface area contributed by atoms with Crippen LogP contribution in [0.1, 0.15) is 45.1 Å². The minimum absolute atomic E-state index is 0.0520. The highest BCUT2D eigenvalue weighted by Gasteiger charge is 2.55. The zero-order chi connectivity index (χ0) is 34.4. The highest BCUT2D eigenvalue weighted by Crippen LogP contribution is 2.50. The van der Waals surface area contributed by atoms with Crippen LogP contribution in [-0.4, -0.2) is 85.8 Å². The number of aromatic nitrogens is 1. The number of sulfonamides is 1. The number of aliphatic hydroxyl groups excluding tert-OH is 1. The Bertz CT molecular complexity index is 1770. The van der Waals surface area contributed by atoms with Crippen LogP contribution in [0.25, 0.3) is 10.2 Å². The first-order valence-electron chi connectivity index (χ1n) is 16.9. The molecule has 2 aliphatic heterocycles. The lowest BCUT2D eigenvalue weighted by molar-refractivity contribution is -0.173. The van der Waals surface area contributed by atoms with Crippen molar-refractivity contribution in [3.63, 3.8) is 0 Å². The summed E-state index contributed by atoms with van der Waals surface area (Å²) >= 11 is 1.38. The van der Waals surface area contributed by atoms with E-state index in [0.29, 0.717) is 35.9 Å². The fraction of sp³-hybridized carbons (Fsp3) is 0.588. The Morgan fingerprint density at radius 1 is 1.12 bits per heavy atom. The van der Waals surface area contributed by atoms with Crippen LogP contribution < -0.4 is 10.6 Å². The molecular weight excluding hydrogens is 679 g/mol. The first kappa shape index (κ1) is 34.5. The van der Waals surface area contributed by atoms with Crippen LogP contribution in [0.2, 0.25) is 0 Å². The number of hydrogen-bond acceptors (Lipinski definition) is 10. The van der Waals surface area contributed by atoms with E-state index in [1.165, 1.54) is 21.7 Å². The number of nitrogens with zero attached hydrogens (tertiary/aromatic N) is 2. The third-order valence-electron chi connectivity index (χ3n) is 9.84. The number of carbonyl (C=O) groups is 1. The maximum absolute atomic E-state index is 14.2. The highest BCUT2D eigenvalue weighted by atomic mass is 32.2. The van der Waals surface area contributed by atoms with Gasteiger partial charge in [0.2, 0.25) is 10.0 Å². The van der Waals surface area contributed by atoms with E-state index in [1.807, 2.05) is 13.8 Å². The Labute approximate surface area is 288 Å². The third-order valence-corrected chi connectivity index (χ3v) is 12.6. The van der Waals surface area contributed by atoms with E-state index >= 15 is 0 Å². The molecule has 3 N–H and O–H groups in total. The topological polar surface area (TPSA) is 139 Å². The number of hydrogen-bond donors (Lipinski definition) is 3. The summed E-state index contributed by atoms with van der Waals surface area (Å²) in [6.45, 7) is 4.46. The van der Waals surface area contributed by atoms with Gasteiger partial charge in [-0.15, -0.1) is 0 Å². The Balaban J connectivity index is 1.10. The second-order valence-electron chi connectivity index (χ2n) is 14.1. The quantitative estimate of drug-likeness (QED) is 0.225. The van der Waals surface area contributed by atoms with Gasteiger partial charge in [-0.05, 0) is 79.8 Å². The number of rotatable bonds is 13. The molecule has 0 bridgehead atoms. The minimum Gasteiger partial charge on any atom is -0.446 e. The van der Waals surface area contributed by atoms with E-state index in [2.05, 4.69) is 15.6 Å². The van der Waals surface area contributed by atoms with Crippen LogP contribution in [0, 0.1) is 35.3 Å². The van der Waals surface area contributed by atoms with Crippen LogP contribution in [0.3, 0.4) is 0 Å². The van der Waals surface area contributed by atoms with E-state index in [9.17, 15) is 27.1 Å². The number of fused-ring (bicyclic) bond motifs is 1. The van der Waals surface area contributed by atoms with Crippen molar-refractivity contribution in [2.45, 2.75) is 81.4 Å². The van der Waals surface area contributed by atoms with Crippen LogP contribution in [0.5, 0.6) is 0 Å². The Morgan fingerprint density at radius 3 is 2.63 bits per heavy atom. The van der Waals surface area contributed by atoms with Crippen molar-refractivity contribution in [3.05, 3.63) is 53.6 Å². The first-order chi connectivity index (χ1) is 23.4. The van der Waals surface area contributed by atoms with Crippen LogP contribution in [0.4, 0.5) is 18.7 Å². The number of carbonyl (C=O) groups excluding carboxylic acids is 1. The van der Waals surface area contributed by atoms with Crippen molar-refractivity contribution < 1.29 is 41.3 Å². The molecule has 2 saturated heterocycles. The minimum atomic E-state index is -4.13. The predicted octanol–water partition coefficient (Wildman–Crippen LogP) is 4.89. The average molecular weight is 721 g/mol. The Morgan fingerprint density at radius 2 is 1.90 bits per heavy atom. The third kappa shape index (κ3) is 7.71. The maximum atomic E-state index is 14.2. The van der Waals surface area contributed by atoms with Gasteiger partial charge >= 0.3 is 6.09 Å². The molecule has 3 aromatic rings. The molecule has 7 atom stereocenters. The van der Waals surface area contributed by atoms with Gasteiger partial charge in [-0.25, -0.2) is 27.0 Å². The summed E-state index contributed by atoms with van der Waals surface area (Å²) in [5, 5.41) is 18.4. The SMILES string of the molecule is CC(C)CN(C[C@@H](O)C(Cc1cc(F)cc(F)c1)NC(=O)O[C@H]1CC2CO[C@H]3OCCC1[C@@H]23)S(=O)(=O)c1ccc2nc(NC3CC3)sc2c1. The zero-order valence-electron chi connectivity index (χ0n) is 27.4. The molecule has 2 aromatic carbocycles. The van der Waals surface area contributed by atoms with Gasteiger partial charge in [0.05, 0.1) is 40.5 Å². The number of thiazole rings is 1. The van der Waals surface area contributed by atoms with Crippen LogP contribution in [0.15, 0.2) is 41.3 Å². The largest absolute Gasteiger partial charge is 0.446 e. The van der Waals surface area contributed by atoms with Crippen molar-refractivity contribution in [2.75, 3.05) is 31.6 Å². The molecule has 49 heavy (non-hydrogen) atoms. The summed E-state index contributed by atoms with van der Waals surface area (Å²) in [6.07, 6.45) is 0.396. The van der Waals surface area contributed by atoms with E-state index in [4.69, 9.17) is 14.2 Å². The standard InChI is InChI=1S/C34H42F2N4O7S2/c1-18(2)15-40(49(43,44)24-5-6-26-30(14-24)48-33(38-26)37-23-3-4-23)16-28(41)27(11-19-9-21(35)13-22(36)10-19)39-34(42)47-29-12-20-17-46-32-31(20)25(29)7-8-45-32/h5-6,9-10,13-14,18,20,23,25,27-29,31-32,41H,3-4,7-8,11-12,15-17H2,1-2H3,(H,37,38)(H,39,42)/t20?,25?,27?,28-,29+,31-,32-/m1/s1. The number of anilines is 1. The normalized spacial score (nSPS) is 26.2. The summed E-state index contributed by atoms with van der Waals surface area (Å²) in [5.41, 5.74) is 0.869. The van der Waals surface area contributed by atoms with E-state index in [-0.39, 0.29) is 66.0 Å². The van der Waals surface area contributed by atoms with Gasteiger partial charge in [-0.3, -0.25) is 0 Å². The van der Waals surface area contributed by atoms with Crippen molar-refractivity contribution >= 4 is 42.8 Å². The van der Waals surface area contributed by atoms with Gasteiger partial charge in [0.25, 0.3) is 0 Å². The summed E-state index contributed by atoms with van der Waals surface area (Å²) < 4.78 is 75.9. The number of ether oxygens (including phenoxy) is 3. The van der Waals surface area contributed by atoms with Gasteiger partial charge in [-0.1, -0.05) is 25.2 Å². The van der Waals surface area contributed by atoms with Crippen LogP contribution in [-0.2, 0) is 30.7 Å². The Hall–Kier alpha value is -2.95. The smallest absolute Gasteiger partial charge is 0.407 e. The number of alkyl carbamates (subject to hydrolysis) is 1. The Kier molecular flexibility index (Phi) is 9.85. The molecule has 0 radical (unpaired) electrons. The summed E-state index contributed by atoms with van der Waals surface area (Å²) in [4.78, 5) is 18.0. The molecule has 2 aliphatic carbocycles. The number of benzene rings is 2. The lowest BCUT2D eigenvalue weighted by Gasteiger charge is -2.33. The summed E-state index contributed by atoms with van der Waals surface area (Å²) in [5.74, 6) is -1.30. The summed E-state index contributed by atoms with van der Waals surface area (Å²) in [6, 6.07) is 7.01. The van der Waals surface area contributed by atoms with Crippen molar-refractivity contribution in [1.29, 1.82) is 0 Å². The molecule has 1 amide bonds. The number of aliphatic hydroxyl groups is 1. The monoisotopic (exact) mass is 720 g/mol. The number of halogens is 2. The molecule has 7 rings (SSSR count). The highest BCUT2D eigenvalue weighted by molar-refractivity contribution is 7.89. The summed E-state index contributed by atoms with van der Waals surface area (Å²) in [7, 11) is -4.13. The molecular formula is C34H42F2N4O7S2. The molecule has 0 spiro atoms. The fourth-order valence-corrected chi connectivity index (χ4v) is 10.1. The first-order valence-corrected chi connectivity index (χ1v) is 19.2. The van der Waals surface area contributed by atoms with E-state index in [0.717, 1.165) is 42.6 Å². The molecule has 4 aliphatic rings. The molecule has 11 nitrogen and oxygen atoms in total. The fourth-order valence-electron chi connectivity index (χ4n) is 7.44. The molecule has 2 saturated carbocycles. The van der Waals surface area contributed by atoms with Crippen molar-refractivity contribution in [3.8, 4) is 0 Å². The lowest BCUT2D eigenvalue weighted by Crippen LogP contribution is -2.51. The number of amides is 1. The molecule has 266 valence electrons. The predicted molar refractivity (Wildman–Crippen MR) is 179 cm³/mol. The number of nitrogens with one attached hydrogen (secondary N) is 2. The van der Waals surface area contributed by atoms with Crippen LogP contribution >= 0.6 is 11.3 Å². The van der Waals surface area contributed by atoms with Crippen molar-refractivity contribution in [2.24, 2.45) is 23.7 Å². The molecule has 15 heteroatoms. The second kappa shape index (κ2) is 14.0. The zero-order valence-corrected chi connectivity index (χ0v) is 29.0. The maximum Gasteiger partial charge on any atom is 0.407 e. The molecule has 3 heterocycles. The van der Waals surface area contributed by atoms with Gasteiger partial charge in [0.15, 0.2) is 11.4 Å². The van der Waals surface area contributed by atoms with Gasteiger partial charge in [-0.2, -0.15) is 4.31 Å². The van der Waals surface area contributed by atoms with Gasteiger partial charge < -0.3 is 30.0 Å².